The molecule has 1 amide bonds. The first kappa shape index (κ1) is 17.2. The van der Waals surface area contributed by atoms with Gasteiger partial charge in [-0.05, 0) is 44.9 Å². The summed E-state index contributed by atoms with van der Waals surface area (Å²) in [4.78, 5) is 28.5. The van der Waals surface area contributed by atoms with Crippen molar-refractivity contribution in [2.45, 2.75) is 44.8 Å². The highest BCUT2D eigenvalue weighted by Crippen LogP contribution is 2.27. The molecule has 7 nitrogen and oxygen atoms in total. The van der Waals surface area contributed by atoms with E-state index in [9.17, 15) is 14.7 Å². The standard InChI is InChI=1S/C16H22N2O5/c1-16(2,3)22-15(21)18-11-6-4-10(5-7-11)13(14(19)20)12-8-9-17-23-12/h4-7,12-13,17H,8-9H2,1-3H3,(H,18,21)(H,19,20). The van der Waals surface area contributed by atoms with E-state index in [-0.39, 0.29) is 0 Å². The van der Waals surface area contributed by atoms with Gasteiger partial charge in [-0.2, -0.15) is 0 Å². The molecule has 3 N–H and O–H groups in total. The molecule has 1 saturated heterocycles. The number of rotatable bonds is 4. The summed E-state index contributed by atoms with van der Waals surface area (Å²) in [5.41, 5.74) is 3.29. The first-order valence-corrected chi connectivity index (χ1v) is 7.47. The zero-order valence-corrected chi connectivity index (χ0v) is 13.5. The molecule has 1 aromatic carbocycles. The van der Waals surface area contributed by atoms with Gasteiger partial charge in [0.05, 0.1) is 6.10 Å². The molecule has 1 aromatic rings. The molecule has 1 aliphatic rings. The van der Waals surface area contributed by atoms with Crippen LogP contribution in [0.25, 0.3) is 0 Å². The Hall–Kier alpha value is -2.12. The minimum Gasteiger partial charge on any atom is -0.481 e. The highest BCUT2D eigenvalue weighted by atomic mass is 16.7. The molecule has 0 aliphatic carbocycles. The lowest BCUT2D eigenvalue weighted by Gasteiger charge is -2.20. The van der Waals surface area contributed by atoms with Crippen molar-refractivity contribution in [2.24, 2.45) is 0 Å². The van der Waals surface area contributed by atoms with Gasteiger partial charge in [0.1, 0.15) is 11.5 Å². The molecule has 0 bridgehead atoms. The van der Waals surface area contributed by atoms with Gasteiger partial charge >= 0.3 is 12.1 Å². The van der Waals surface area contributed by atoms with Gasteiger partial charge in [0.2, 0.25) is 0 Å². The number of aliphatic carboxylic acids is 1. The Labute approximate surface area is 134 Å². The first-order chi connectivity index (χ1) is 10.8. The molecule has 0 spiro atoms. The molecular formula is C16H22N2O5. The Morgan fingerprint density at radius 3 is 2.48 bits per heavy atom. The Morgan fingerprint density at radius 1 is 1.35 bits per heavy atom. The van der Waals surface area contributed by atoms with Crippen molar-refractivity contribution in [3.8, 4) is 0 Å². The average molecular weight is 322 g/mol. The average Bonchev–Trinajstić information content (AvgIpc) is 2.92. The van der Waals surface area contributed by atoms with E-state index in [0.717, 1.165) is 0 Å². The Balaban J connectivity index is 2.05. The van der Waals surface area contributed by atoms with Gasteiger partial charge in [0.15, 0.2) is 0 Å². The van der Waals surface area contributed by atoms with Crippen molar-refractivity contribution in [1.82, 2.24) is 5.48 Å². The fraction of sp³-hybridized carbons (Fsp3) is 0.500. The van der Waals surface area contributed by atoms with Crippen LogP contribution >= 0.6 is 0 Å². The number of carbonyl (C=O) groups excluding carboxylic acids is 1. The monoisotopic (exact) mass is 322 g/mol. The minimum atomic E-state index is -0.938. The molecule has 1 heterocycles. The number of carbonyl (C=O) groups is 2. The Kier molecular flexibility index (Phi) is 5.23. The number of hydrogen-bond donors (Lipinski definition) is 3. The molecular weight excluding hydrogens is 300 g/mol. The van der Waals surface area contributed by atoms with E-state index in [1.165, 1.54) is 0 Å². The summed E-state index contributed by atoms with van der Waals surface area (Å²) in [6.45, 7) is 5.97. The molecule has 2 unspecified atom stereocenters. The fourth-order valence-corrected chi connectivity index (χ4v) is 2.37. The summed E-state index contributed by atoms with van der Waals surface area (Å²) >= 11 is 0. The first-order valence-electron chi connectivity index (χ1n) is 7.47. The maximum atomic E-state index is 11.7. The van der Waals surface area contributed by atoms with E-state index >= 15 is 0 Å². The molecule has 7 heteroatoms. The number of carboxylic acid groups (broad SMARTS) is 1. The third kappa shape index (κ3) is 4.94. The van der Waals surface area contributed by atoms with Crippen LogP contribution in [0.15, 0.2) is 24.3 Å². The smallest absolute Gasteiger partial charge is 0.412 e. The van der Waals surface area contributed by atoms with Crippen LogP contribution in [0.5, 0.6) is 0 Å². The van der Waals surface area contributed by atoms with Crippen LogP contribution in [0.3, 0.4) is 0 Å². The lowest BCUT2D eigenvalue weighted by Crippen LogP contribution is -2.27. The van der Waals surface area contributed by atoms with Crippen LogP contribution in [0.1, 0.15) is 38.7 Å². The van der Waals surface area contributed by atoms with Crippen LogP contribution in [0.2, 0.25) is 0 Å². The van der Waals surface area contributed by atoms with Crippen LogP contribution in [0.4, 0.5) is 10.5 Å². The number of amides is 1. The second-order valence-electron chi connectivity index (χ2n) is 6.40. The van der Waals surface area contributed by atoms with Crippen molar-refractivity contribution in [3.05, 3.63) is 29.8 Å². The zero-order chi connectivity index (χ0) is 17.0. The predicted molar refractivity (Wildman–Crippen MR) is 84.2 cm³/mol. The van der Waals surface area contributed by atoms with Crippen molar-refractivity contribution in [1.29, 1.82) is 0 Å². The molecule has 1 aliphatic heterocycles. The quantitative estimate of drug-likeness (QED) is 0.788. The minimum absolute atomic E-state index is 0.405. The Bertz CT molecular complexity index is 559. The lowest BCUT2D eigenvalue weighted by molar-refractivity contribution is -0.143. The van der Waals surface area contributed by atoms with E-state index in [1.807, 2.05) is 0 Å². The van der Waals surface area contributed by atoms with E-state index in [0.29, 0.717) is 24.2 Å². The number of anilines is 1. The summed E-state index contributed by atoms with van der Waals surface area (Å²) < 4.78 is 5.17. The van der Waals surface area contributed by atoms with Crippen LogP contribution in [0, 0.1) is 0 Å². The van der Waals surface area contributed by atoms with Crippen molar-refractivity contribution >= 4 is 17.7 Å². The molecule has 23 heavy (non-hydrogen) atoms. The molecule has 2 atom stereocenters. The third-order valence-electron chi connectivity index (χ3n) is 3.32. The van der Waals surface area contributed by atoms with E-state index in [1.54, 1.807) is 45.0 Å². The predicted octanol–water partition coefficient (Wildman–Crippen LogP) is 2.50. The highest BCUT2D eigenvalue weighted by Gasteiger charge is 2.33. The van der Waals surface area contributed by atoms with E-state index in [4.69, 9.17) is 9.57 Å². The van der Waals surface area contributed by atoms with Crippen molar-refractivity contribution in [2.75, 3.05) is 11.9 Å². The Morgan fingerprint density at radius 2 is 2.00 bits per heavy atom. The summed E-state index contributed by atoms with van der Waals surface area (Å²) in [5, 5.41) is 12.0. The highest BCUT2D eigenvalue weighted by molar-refractivity contribution is 5.85. The van der Waals surface area contributed by atoms with Gasteiger partial charge < -0.3 is 9.84 Å². The van der Waals surface area contributed by atoms with Gasteiger partial charge in [-0.3, -0.25) is 14.9 Å². The summed E-state index contributed by atoms with van der Waals surface area (Å²) in [7, 11) is 0. The van der Waals surface area contributed by atoms with Crippen molar-refractivity contribution in [3.63, 3.8) is 0 Å². The maximum Gasteiger partial charge on any atom is 0.412 e. The SMILES string of the molecule is CC(C)(C)OC(=O)Nc1ccc(C(C(=O)O)C2CCNO2)cc1. The molecule has 0 aromatic heterocycles. The molecule has 1 fully saturated rings. The largest absolute Gasteiger partial charge is 0.481 e. The lowest BCUT2D eigenvalue weighted by atomic mass is 9.92. The second kappa shape index (κ2) is 6.97. The summed E-state index contributed by atoms with van der Waals surface area (Å²) in [5.74, 6) is -1.69. The fourth-order valence-electron chi connectivity index (χ4n) is 2.37. The topological polar surface area (TPSA) is 96.9 Å². The number of nitrogens with one attached hydrogen (secondary N) is 2. The van der Waals surface area contributed by atoms with Gasteiger partial charge in [0, 0.05) is 12.2 Å². The molecule has 0 saturated carbocycles. The number of benzene rings is 1. The van der Waals surface area contributed by atoms with Crippen LogP contribution < -0.4 is 10.8 Å². The maximum absolute atomic E-state index is 11.7. The van der Waals surface area contributed by atoms with E-state index in [2.05, 4.69) is 10.8 Å². The van der Waals surface area contributed by atoms with Crippen LogP contribution in [-0.2, 0) is 14.4 Å². The zero-order valence-electron chi connectivity index (χ0n) is 13.5. The molecule has 2 rings (SSSR count). The third-order valence-corrected chi connectivity index (χ3v) is 3.32. The summed E-state index contributed by atoms with van der Waals surface area (Å²) in [6, 6.07) is 6.65. The number of ether oxygens (including phenoxy) is 1. The number of hydrogen-bond acceptors (Lipinski definition) is 5. The van der Waals surface area contributed by atoms with Gasteiger partial charge in [-0.15, -0.1) is 0 Å². The second-order valence-corrected chi connectivity index (χ2v) is 6.40. The van der Waals surface area contributed by atoms with Gasteiger partial charge in [-0.25, -0.2) is 10.3 Å². The van der Waals surface area contributed by atoms with Gasteiger partial charge in [-0.1, -0.05) is 12.1 Å². The summed E-state index contributed by atoms with van der Waals surface area (Å²) in [6.07, 6.45) is -0.324. The number of carboxylic acids is 1. The van der Waals surface area contributed by atoms with Crippen molar-refractivity contribution < 1.29 is 24.3 Å². The van der Waals surface area contributed by atoms with Crippen LogP contribution in [-0.4, -0.2) is 35.4 Å². The normalized spacial score (nSPS) is 19.2. The van der Waals surface area contributed by atoms with E-state index < -0.39 is 29.7 Å². The van der Waals surface area contributed by atoms with Gasteiger partial charge in [0.25, 0.3) is 0 Å². The number of hydroxylamine groups is 1. The molecule has 126 valence electrons. The molecule has 0 radical (unpaired) electrons.